The number of amides is 2. The van der Waals surface area contributed by atoms with Crippen LogP contribution >= 0.6 is 38.6 Å². The molecule has 39 heavy (non-hydrogen) atoms. The Balaban J connectivity index is 1.52. The van der Waals surface area contributed by atoms with Gasteiger partial charge in [0.05, 0.1) is 17.0 Å². The van der Waals surface area contributed by atoms with E-state index in [9.17, 15) is 28.5 Å². The number of pyridine rings is 1. The van der Waals surface area contributed by atoms with Gasteiger partial charge in [-0.2, -0.15) is 4.68 Å². The van der Waals surface area contributed by atoms with E-state index in [-0.39, 0.29) is 43.8 Å². The lowest BCUT2D eigenvalue weighted by Crippen LogP contribution is -2.16. The first-order chi connectivity index (χ1) is 18.5. The van der Waals surface area contributed by atoms with Crippen molar-refractivity contribution in [3.8, 4) is 10.4 Å². The van der Waals surface area contributed by atoms with Crippen molar-refractivity contribution in [3.05, 3.63) is 78.1 Å². The number of carbonyl (C=O) groups is 2. The van der Waals surface area contributed by atoms with E-state index >= 15 is 0 Å². The predicted octanol–water partition coefficient (Wildman–Crippen LogP) is 6.13. The molecule has 0 unspecified atom stereocenters. The fourth-order valence-corrected chi connectivity index (χ4v) is 6.17. The minimum absolute atomic E-state index is 0.00413. The summed E-state index contributed by atoms with van der Waals surface area (Å²) in [5.74, 6) is -1.84. The minimum atomic E-state index is -2.86. The molecule has 2 amide bonds. The molecule has 5 aromatic heterocycles. The van der Waals surface area contributed by atoms with Gasteiger partial charge in [-0.1, -0.05) is 0 Å². The number of fused-ring (bicyclic) bond motifs is 1. The maximum absolute atomic E-state index is 13.6. The van der Waals surface area contributed by atoms with Crippen LogP contribution in [0.25, 0.3) is 20.7 Å². The van der Waals surface area contributed by atoms with E-state index in [0.29, 0.717) is 15.8 Å². The molecule has 0 saturated carbocycles. The molecule has 3 N–H and O–H groups in total. The highest BCUT2D eigenvalue weighted by atomic mass is 79.9. The molecule has 0 saturated heterocycles. The van der Waals surface area contributed by atoms with Gasteiger partial charge in [0.25, 0.3) is 18.2 Å². The first kappa shape index (κ1) is 26.6. The molecule has 0 fully saturated rings. The first-order valence-electron chi connectivity index (χ1n) is 10.9. The summed E-state index contributed by atoms with van der Waals surface area (Å²) in [7, 11) is 0. The Labute approximate surface area is 233 Å². The van der Waals surface area contributed by atoms with E-state index < -0.39 is 28.9 Å². The van der Waals surface area contributed by atoms with Gasteiger partial charge in [-0.3, -0.25) is 9.59 Å². The highest BCUT2D eigenvalue weighted by Crippen LogP contribution is 2.44. The molecule has 5 rings (SSSR count). The molecule has 0 aliphatic rings. The molecular formula is C23H15BrF2N6O5S2. The lowest BCUT2D eigenvalue weighted by molar-refractivity contribution is -0.390. The smallest absolute Gasteiger partial charge is 0.404 e. The number of furan rings is 1. The molecule has 0 aliphatic carbocycles. The van der Waals surface area contributed by atoms with Crippen LogP contribution in [-0.4, -0.2) is 31.5 Å². The summed E-state index contributed by atoms with van der Waals surface area (Å²) in [5, 5.41) is 17.8. The SMILES string of the molecule is Cc1ccc(-c2cc(C(F)F)nc3sc(C(N)=O)c(NC(=O)c4ccc(Cn5cc(Br)c([N+](=O)[O-])n5)o4)c23)s1. The minimum Gasteiger partial charge on any atom is -0.454 e. The number of nitrogens with zero attached hydrogens (tertiary/aromatic N) is 4. The summed E-state index contributed by atoms with van der Waals surface area (Å²) in [5.41, 5.74) is 5.51. The third-order valence-electron chi connectivity index (χ3n) is 5.45. The van der Waals surface area contributed by atoms with E-state index in [1.165, 1.54) is 40.4 Å². The van der Waals surface area contributed by atoms with Crippen LogP contribution in [0.4, 0.5) is 20.3 Å². The molecule has 0 radical (unpaired) electrons. The van der Waals surface area contributed by atoms with Gasteiger partial charge < -0.3 is 25.6 Å². The Morgan fingerprint density at radius 3 is 2.67 bits per heavy atom. The van der Waals surface area contributed by atoms with Crippen molar-refractivity contribution in [1.82, 2.24) is 14.8 Å². The Morgan fingerprint density at radius 2 is 2.05 bits per heavy atom. The summed E-state index contributed by atoms with van der Waals surface area (Å²) >= 11 is 5.22. The normalized spacial score (nSPS) is 11.4. The van der Waals surface area contributed by atoms with Crippen molar-refractivity contribution in [1.29, 1.82) is 0 Å². The number of hydrogen-bond acceptors (Lipinski definition) is 9. The monoisotopic (exact) mass is 636 g/mol. The lowest BCUT2D eigenvalue weighted by Gasteiger charge is -2.09. The van der Waals surface area contributed by atoms with E-state index in [4.69, 9.17) is 10.2 Å². The van der Waals surface area contributed by atoms with Crippen molar-refractivity contribution >= 4 is 72.1 Å². The van der Waals surface area contributed by atoms with Crippen molar-refractivity contribution in [2.45, 2.75) is 19.9 Å². The van der Waals surface area contributed by atoms with Gasteiger partial charge in [0.15, 0.2) is 5.76 Å². The molecule has 5 aromatic rings. The van der Waals surface area contributed by atoms with Crippen LogP contribution in [0.15, 0.2) is 45.4 Å². The number of nitrogens with one attached hydrogen (secondary N) is 1. The Bertz CT molecular complexity index is 1780. The number of hydrogen-bond donors (Lipinski definition) is 2. The van der Waals surface area contributed by atoms with Gasteiger partial charge in [0.1, 0.15) is 32.2 Å². The number of primary amides is 1. The standard InChI is InChI=1S/C23H15BrF2N6O5S2/c1-9-2-5-15(38-9)11-6-13(19(25)26)28-23-16(11)17(18(39-23)20(27)33)29-22(34)14-4-3-10(37-14)7-31-8-12(24)21(30-31)32(35)36/h2-6,8,19H,7H2,1H3,(H2,27,33)(H,29,34). The van der Waals surface area contributed by atoms with E-state index in [2.05, 4.69) is 31.3 Å². The fourth-order valence-electron chi connectivity index (χ4n) is 3.81. The zero-order valence-electron chi connectivity index (χ0n) is 19.6. The number of nitrogens with two attached hydrogens (primary N) is 1. The number of thiophene rings is 2. The van der Waals surface area contributed by atoms with Crippen LogP contribution in [-0.2, 0) is 6.54 Å². The second kappa shape index (κ2) is 10.3. The molecule has 16 heteroatoms. The average molecular weight is 637 g/mol. The van der Waals surface area contributed by atoms with E-state index in [1.54, 1.807) is 6.07 Å². The van der Waals surface area contributed by atoms with Crippen LogP contribution in [0.2, 0.25) is 0 Å². The highest BCUT2D eigenvalue weighted by molar-refractivity contribution is 9.10. The number of rotatable bonds is 8. The summed E-state index contributed by atoms with van der Waals surface area (Å²) in [6, 6.07) is 7.69. The number of carbonyl (C=O) groups excluding carboxylic acids is 2. The van der Waals surface area contributed by atoms with Gasteiger partial charge in [0, 0.05) is 20.7 Å². The third-order valence-corrected chi connectivity index (χ3v) is 8.14. The predicted molar refractivity (Wildman–Crippen MR) is 143 cm³/mol. The van der Waals surface area contributed by atoms with Crippen LogP contribution < -0.4 is 11.1 Å². The summed E-state index contributed by atoms with van der Waals surface area (Å²) < 4.78 is 34.3. The number of aromatic nitrogens is 3. The maximum atomic E-state index is 13.6. The van der Waals surface area contributed by atoms with Gasteiger partial charge in [-0.25, -0.2) is 13.8 Å². The number of alkyl halides is 2. The molecule has 0 atom stereocenters. The van der Waals surface area contributed by atoms with Gasteiger partial charge in [-0.15, -0.1) is 22.7 Å². The average Bonchev–Trinajstić information content (AvgIpc) is 3.65. The summed E-state index contributed by atoms with van der Waals surface area (Å²) in [6.07, 6.45) is -1.46. The van der Waals surface area contributed by atoms with Gasteiger partial charge in [-0.05, 0) is 58.1 Å². The zero-order chi connectivity index (χ0) is 28.0. The van der Waals surface area contributed by atoms with Crippen molar-refractivity contribution in [2.24, 2.45) is 5.73 Å². The highest BCUT2D eigenvalue weighted by Gasteiger charge is 2.27. The lowest BCUT2D eigenvalue weighted by atomic mass is 10.1. The Kier molecular flexibility index (Phi) is 7.00. The van der Waals surface area contributed by atoms with Crippen LogP contribution in [0.5, 0.6) is 0 Å². The molecular weight excluding hydrogens is 622 g/mol. The zero-order valence-corrected chi connectivity index (χ0v) is 22.8. The van der Waals surface area contributed by atoms with Crippen molar-refractivity contribution in [3.63, 3.8) is 0 Å². The molecule has 200 valence electrons. The molecule has 0 aromatic carbocycles. The number of aryl methyl sites for hydroxylation is 1. The second-order valence-electron chi connectivity index (χ2n) is 8.13. The molecule has 0 spiro atoms. The molecule has 0 bridgehead atoms. The summed E-state index contributed by atoms with van der Waals surface area (Å²) in [4.78, 5) is 41.5. The van der Waals surface area contributed by atoms with E-state index in [0.717, 1.165) is 16.2 Å². The molecule has 0 aliphatic heterocycles. The van der Waals surface area contributed by atoms with E-state index in [1.807, 2.05) is 13.0 Å². The Morgan fingerprint density at radius 1 is 1.28 bits per heavy atom. The molecule has 5 heterocycles. The molecule has 11 nitrogen and oxygen atoms in total. The number of anilines is 1. The third kappa shape index (κ3) is 5.17. The van der Waals surface area contributed by atoms with Crippen LogP contribution in [0, 0.1) is 17.0 Å². The fraction of sp³-hybridized carbons (Fsp3) is 0.130. The number of halogens is 3. The topological polar surface area (TPSA) is 159 Å². The summed E-state index contributed by atoms with van der Waals surface area (Å²) in [6.45, 7) is 1.86. The van der Waals surface area contributed by atoms with Crippen LogP contribution in [0.1, 0.15) is 43.0 Å². The van der Waals surface area contributed by atoms with Crippen molar-refractivity contribution in [2.75, 3.05) is 5.32 Å². The van der Waals surface area contributed by atoms with Gasteiger partial charge in [0.2, 0.25) is 0 Å². The largest absolute Gasteiger partial charge is 0.454 e. The number of nitro groups is 1. The van der Waals surface area contributed by atoms with Gasteiger partial charge >= 0.3 is 5.82 Å². The van der Waals surface area contributed by atoms with Crippen molar-refractivity contribution < 1.29 is 27.7 Å². The Hall–Kier alpha value is -4.02. The first-order valence-corrected chi connectivity index (χ1v) is 13.3. The quantitative estimate of drug-likeness (QED) is 0.153. The van der Waals surface area contributed by atoms with Crippen LogP contribution in [0.3, 0.4) is 0 Å². The second-order valence-corrected chi connectivity index (χ2v) is 11.3. The maximum Gasteiger partial charge on any atom is 0.404 e.